The van der Waals surface area contributed by atoms with E-state index in [1.165, 1.54) is 11.3 Å². The van der Waals surface area contributed by atoms with Gasteiger partial charge in [0, 0.05) is 22.8 Å². The first-order chi connectivity index (χ1) is 8.72. The van der Waals surface area contributed by atoms with Gasteiger partial charge in [-0.25, -0.2) is 0 Å². The van der Waals surface area contributed by atoms with Gasteiger partial charge < -0.3 is 10.3 Å². The Morgan fingerprint density at radius 2 is 2.11 bits per heavy atom. The number of carbonyl (C=O) groups excluding carboxylic acids is 1. The van der Waals surface area contributed by atoms with Crippen molar-refractivity contribution in [1.29, 1.82) is 0 Å². The van der Waals surface area contributed by atoms with E-state index in [4.69, 9.17) is 11.6 Å². The van der Waals surface area contributed by atoms with Gasteiger partial charge in [0.2, 0.25) is 0 Å². The van der Waals surface area contributed by atoms with Gasteiger partial charge in [-0.3, -0.25) is 4.79 Å². The minimum absolute atomic E-state index is 0.137. The van der Waals surface area contributed by atoms with Crippen LogP contribution in [0.4, 0.5) is 5.69 Å². The van der Waals surface area contributed by atoms with E-state index in [0.717, 1.165) is 16.6 Å². The molecule has 0 radical (unpaired) electrons. The molecule has 2 heterocycles. The maximum Gasteiger partial charge on any atom is 0.265 e. The summed E-state index contributed by atoms with van der Waals surface area (Å²) in [6, 6.07) is 11.1. The number of hydrogen-bond donors (Lipinski definition) is 2. The summed E-state index contributed by atoms with van der Waals surface area (Å²) in [6.07, 6.45) is 1.87. The highest BCUT2D eigenvalue weighted by Crippen LogP contribution is 2.23. The van der Waals surface area contributed by atoms with Gasteiger partial charge in [-0.2, -0.15) is 0 Å². The molecule has 0 fully saturated rings. The molecule has 0 aliphatic heterocycles. The first kappa shape index (κ1) is 11.3. The highest BCUT2D eigenvalue weighted by molar-refractivity contribution is 7.18. The molecule has 3 nitrogen and oxygen atoms in total. The van der Waals surface area contributed by atoms with E-state index in [1.54, 1.807) is 12.1 Å². The molecule has 0 saturated carbocycles. The van der Waals surface area contributed by atoms with Crippen LogP contribution in [0.15, 0.2) is 42.6 Å². The highest BCUT2D eigenvalue weighted by Gasteiger charge is 2.09. The maximum absolute atomic E-state index is 11.9. The predicted molar refractivity (Wildman–Crippen MR) is 75.6 cm³/mol. The van der Waals surface area contributed by atoms with Crippen LogP contribution in [0.25, 0.3) is 10.9 Å². The number of aromatic amines is 1. The standard InChI is InChI=1S/C13H9ClN2OS/c14-12-4-3-11(18-12)13(17)16-9-1-2-10-8(7-9)5-6-15-10/h1-7,15H,(H,16,17). The van der Waals surface area contributed by atoms with Crippen molar-refractivity contribution in [2.75, 3.05) is 5.32 Å². The summed E-state index contributed by atoms with van der Waals surface area (Å²) >= 11 is 7.07. The number of fused-ring (bicyclic) bond motifs is 1. The molecule has 18 heavy (non-hydrogen) atoms. The van der Waals surface area contributed by atoms with Crippen molar-refractivity contribution >= 4 is 45.4 Å². The van der Waals surface area contributed by atoms with Gasteiger partial charge in [-0.1, -0.05) is 11.6 Å². The zero-order valence-corrected chi connectivity index (χ0v) is 10.8. The van der Waals surface area contributed by atoms with Crippen molar-refractivity contribution in [3.05, 3.63) is 51.8 Å². The number of benzene rings is 1. The van der Waals surface area contributed by atoms with Gasteiger partial charge in [0.25, 0.3) is 5.91 Å². The number of amides is 1. The van der Waals surface area contributed by atoms with Gasteiger partial charge in [-0.05, 0) is 36.4 Å². The van der Waals surface area contributed by atoms with Crippen molar-refractivity contribution in [3.63, 3.8) is 0 Å². The van der Waals surface area contributed by atoms with Crippen LogP contribution in [-0.2, 0) is 0 Å². The summed E-state index contributed by atoms with van der Waals surface area (Å²) in [6.45, 7) is 0. The van der Waals surface area contributed by atoms with Crippen molar-refractivity contribution in [2.45, 2.75) is 0 Å². The Morgan fingerprint density at radius 1 is 1.22 bits per heavy atom. The molecule has 2 N–H and O–H groups in total. The number of carbonyl (C=O) groups is 1. The van der Waals surface area contributed by atoms with E-state index < -0.39 is 0 Å². The third-order valence-corrected chi connectivity index (χ3v) is 3.84. The molecule has 2 aromatic heterocycles. The fraction of sp³-hybridized carbons (Fsp3) is 0. The van der Waals surface area contributed by atoms with Crippen LogP contribution in [0, 0.1) is 0 Å². The van der Waals surface area contributed by atoms with E-state index in [1.807, 2.05) is 30.5 Å². The first-order valence-electron chi connectivity index (χ1n) is 5.36. The quantitative estimate of drug-likeness (QED) is 0.726. The lowest BCUT2D eigenvalue weighted by molar-refractivity contribution is 0.103. The second kappa shape index (κ2) is 4.48. The summed E-state index contributed by atoms with van der Waals surface area (Å²) in [7, 11) is 0. The second-order valence-corrected chi connectivity index (χ2v) is 5.55. The second-order valence-electron chi connectivity index (χ2n) is 3.84. The Bertz CT molecular complexity index is 716. The van der Waals surface area contributed by atoms with Gasteiger partial charge in [0.05, 0.1) is 9.21 Å². The molecule has 0 spiro atoms. The number of H-pyrrole nitrogens is 1. The van der Waals surface area contributed by atoms with E-state index in [0.29, 0.717) is 9.21 Å². The minimum Gasteiger partial charge on any atom is -0.361 e. The predicted octanol–water partition coefficient (Wildman–Crippen LogP) is 4.14. The SMILES string of the molecule is O=C(Nc1ccc2[nH]ccc2c1)c1ccc(Cl)s1. The van der Waals surface area contributed by atoms with Crippen LogP contribution in [0.3, 0.4) is 0 Å². The third kappa shape index (κ3) is 2.12. The summed E-state index contributed by atoms with van der Waals surface area (Å²) in [5, 5.41) is 3.92. The molecule has 3 rings (SSSR count). The number of thiophene rings is 1. The van der Waals surface area contributed by atoms with Gasteiger partial charge in [-0.15, -0.1) is 11.3 Å². The molecule has 0 bridgehead atoms. The Kier molecular flexibility index (Phi) is 2.81. The number of halogens is 1. The van der Waals surface area contributed by atoms with E-state index in [9.17, 15) is 4.79 Å². The van der Waals surface area contributed by atoms with Gasteiger partial charge in [0.1, 0.15) is 0 Å². The maximum atomic E-state index is 11.9. The topological polar surface area (TPSA) is 44.9 Å². The Labute approximate surface area is 112 Å². The molecule has 90 valence electrons. The van der Waals surface area contributed by atoms with E-state index in [-0.39, 0.29) is 5.91 Å². The molecule has 0 atom stereocenters. The molecule has 3 aromatic rings. The van der Waals surface area contributed by atoms with Crippen LogP contribution >= 0.6 is 22.9 Å². The van der Waals surface area contributed by atoms with Crippen molar-refractivity contribution in [2.24, 2.45) is 0 Å². The number of aromatic nitrogens is 1. The normalized spacial score (nSPS) is 10.7. The summed E-state index contributed by atoms with van der Waals surface area (Å²) in [5.74, 6) is -0.137. The molecule has 5 heteroatoms. The molecular weight excluding hydrogens is 268 g/mol. The molecule has 1 aromatic carbocycles. The minimum atomic E-state index is -0.137. The Balaban J connectivity index is 1.85. The van der Waals surface area contributed by atoms with Gasteiger partial charge in [0.15, 0.2) is 0 Å². The molecule has 0 aliphatic rings. The van der Waals surface area contributed by atoms with Crippen molar-refractivity contribution in [3.8, 4) is 0 Å². The molecular formula is C13H9ClN2OS. The Morgan fingerprint density at radius 3 is 2.89 bits per heavy atom. The number of rotatable bonds is 2. The lowest BCUT2D eigenvalue weighted by Gasteiger charge is -2.03. The zero-order valence-electron chi connectivity index (χ0n) is 9.24. The number of hydrogen-bond acceptors (Lipinski definition) is 2. The monoisotopic (exact) mass is 276 g/mol. The fourth-order valence-electron chi connectivity index (χ4n) is 1.76. The van der Waals surface area contributed by atoms with Gasteiger partial charge >= 0.3 is 0 Å². The van der Waals surface area contributed by atoms with Crippen LogP contribution < -0.4 is 5.32 Å². The van der Waals surface area contributed by atoms with Crippen LogP contribution in [-0.4, -0.2) is 10.9 Å². The highest BCUT2D eigenvalue weighted by atomic mass is 35.5. The van der Waals surface area contributed by atoms with E-state index in [2.05, 4.69) is 10.3 Å². The molecule has 0 saturated heterocycles. The van der Waals surface area contributed by atoms with Crippen molar-refractivity contribution < 1.29 is 4.79 Å². The lowest BCUT2D eigenvalue weighted by atomic mass is 10.2. The molecule has 1 amide bonds. The van der Waals surface area contributed by atoms with Crippen LogP contribution in [0.5, 0.6) is 0 Å². The first-order valence-corrected chi connectivity index (χ1v) is 6.56. The van der Waals surface area contributed by atoms with Crippen molar-refractivity contribution in [1.82, 2.24) is 4.98 Å². The largest absolute Gasteiger partial charge is 0.361 e. The van der Waals surface area contributed by atoms with E-state index >= 15 is 0 Å². The molecule has 0 unspecified atom stereocenters. The fourth-order valence-corrected chi connectivity index (χ4v) is 2.70. The van der Waals surface area contributed by atoms with Crippen LogP contribution in [0.1, 0.15) is 9.67 Å². The number of nitrogens with one attached hydrogen (secondary N) is 2. The Hall–Kier alpha value is -1.78. The lowest BCUT2D eigenvalue weighted by Crippen LogP contribution is -2.09. The summed E-state index contributed by atoms with van der Waals surface area (Å²) in [4.78, 5) is 15.6. The number of anilines is 1. The van der Waals surface area contributed by atoms with Crippen LogP contribution in [0.2, 0.25) is 4.34 Å². The average Bonchev–Trinajstić information content (AvgIpc) is 2.96. The average molecular weight is 277 g/mol. The summed E-state index contributed by atoms with van der Waals surface area (Å²) in [5.41, 5.74) is 1.82. The molecule has 0 aliphatic carbocycles. The third-order valence-electron chi connectivity index (χ3n) is 2.61. The smallest absolute Gasteiger partial charge is 0.265 e. The summed E-state index contributed by atoms with van der Waals surface area (Å²) < 4.78 is 0.612. The zero-order chi connectivity index (χ0) is 12.5.